The zero-order chi connectivity index (χ0) is 11.5. The fraction of sp³-hybridized carbons (Fsp3) is 0.308. The van der Waals surface area contributed by atoms with Gasteiger partial charge in [0.15, 0.2) is 0 Å². The van der Waals surface area contributed by atoms with E-state index in [0.717, 1.165) is 18.1 Å². The summed E-state index contributed by atoms with van der Waals surface area (Å²) in [6.45, 7) is 5.22. The SMILES string of the molecule is CC[n+]1c(Nc2ccccc2)cc(C)n1C.[I-]. The monoisotopic (exact) mass is 343 g/mol. The molecule has 4 heteroatoms. The Labute approximate surface area is 119 Å². The zero-order valence-corrected chi connectivity index (χ0v) is 12.6. The molecule has 0 aliphatic carbocycles. The molecule has 1 N–H and O–H groups in total. The number of hydrogen-bond donors (Lipinski definition) is 1. The maximum atomic E-state index is 3.43. The van der Waals surface area contributed by atoms with Crippen LogP contribution in [0.2, 0.25) is 0 Å². The summed E-state index contributed by atoms with van der Waals surface area (Å²) in [6.07, 6.45) is 0. The second kappa shape index (κ2) is 6.05. The smallest absolute Gasteiger partial charge is 0.300 e. The van der Waals surface area contributed by atoms with Crippen molar-refractivity contribution in [2.24, 2.45) is 7.05 Å². The number of nitrogens with zero attached hydrogens (tertiary/aromatic N) is 2. The first-order valence-corrected chi connectivity index (χ1v) is 5.61. The molecule has 0 unspecified atom stereocenters. The lowest BCUT2D eigenvalue weighted by atomic mass is 10.3. The zero-order valence-electron chi connectivity index (χ0n) is 10.4. The molecule has 17 heavy (non-hydrogen) atoms. The van der Waals surface area contributed by atoms with Gasteiger partial charge < -0.3 is 24.0 Å². The first-order chi connectivity index (χ1) is 7.72. The second-order valence-electron chi connectivity index (χ2n) is 3.90. The highest BCUT2D eigenvalue weighted by molar-refractivity contribution is 5.53. The van der Waals surface area contributed by atoms with Gasteiger partial charge in [-0.1, -0.05) is 18.2 Å². The van der Waals surface area contributed by atoms with Crippen LogP contribution in [0.4, 0.5) is 11.5 Å². The molecule has 0 saturated carbocycles. The van der Waals surface area contributed by atoms with Crippen molar-refractivity contribution in [1.29, 1.82) is 0 Å². The highest BCUT2D eigenvalue weighted by Crippen LogP contribution is 2.13. The molecule has 0 atom stereocenters. The third-order valence-corrected chi connectivity index (χ3v) is 2.84. The Hall–Kier alpha value is -1.04. The van der Waals surface area contributed by atoms with Gasteiger partial charge in [0, 0.05) is 7.05 Å². The van der Waals surface area contributed by atoms with E-state index in [1.165, 1.54) is 5.69 Å². The van der Waals surface area contributed by atoms with Crippen molar-refractivity contribution in [3.8, 4) is 0 Å². The summed E-state index contributed by atoms with van der Waals surface area (Å²) in [4.78, 5) is 0. The maximum absolute atomic E-state index is 3.43. The average Bonchev–Trinajstić information content (AvgIpc) is 2.56. The molecule has 0 radical (unpaired) electrons. The van der Waals surface area contributed by atoms with E-state index < -0.39 is 0 Å². The van der Waals surface area contributed by atoms with Crippen LogP contribution in [0.25, 0.3) is 0 Å². The van der Waals surface area contributed by atoms with Gasteiger partial charge in [0.25, 0.3) is 5.82 Å². The van der Waals surface area contributed by atoms with Gasteiger partial charge in [-0.15, -0.1) is 0 Å². The summed E-state index contributed by atoms with van der Waals surface area (Å²) in [5.74, 6) is 1.13. The van der Waals surface area contributed by atoms with E-state index in [-0.39, 0.29) is 24.0 Å². The maximum Gasteiger partial charge on any atom is 0.300 e. The topological polar surface area (TPSA) is 20.8 Å². The van der Waals surface area contributed by atoms with Crippen molar-refractivity contribution in [3.63, 3.8) is 0 Å². The van der Waals surface area contributed by atoms with Crippen LogP contribution < -0.4 is 34.0 Å². The minimum absolute atomic E-state index is 0. The summed E-state index contributed by atoms with van der Waals surface area (Å²) in [6, 6.07) is 12.4. The van der Waals surface area contributed by atoms with Crippen molar-refractivity contribution in [2.45, 2.75) is 20.4 Å². The van der Waals surface area contributed by atoms with E-state index in [2.05, 4.69) is 53.8 Å². The van der Waals surface area contributed by atoms with Gasteiger partial charge in [0.2, 0.25) is 0 Å². The lowest BCUT2D eigenvalue weighted by molar-refractivity contribution is -0.758. The van der Waals surface area contributed by atoms with Gasteiger partial charge in [-0.3, -0.25) is 0 Å². The quantitative estimate of drug-likeness (QED) is 0.583. The van der Waals surface area contributed by atoms with Crippen molar-refractivity contribution in [2.75, 3.05) is 5.32 Å². The second-order valence-corrected chi connectivity index (χ2v) is 3.90. The van der Waals surface area contributed by atoms with Gasteiger partial charge >= 0.3 is 0 Å². The highest BCUT2D eigenvalue weighted by atomic mass is 127. The molecule has 0 amide bonds. The molecule has 0 aliphatic heterocycles. The summed E-state index contributed by atoms with van der Waals surface area (Å²) in [5.41, 5.74) is 2.37. The largest absolute Gasteiger partial charge is 1.00 e. The summed E-state index contributed by atoms with van der Waals surface area (Å²) in [5, 5.41) is 3.43. The van der Waals surface area contributed by atoms with Crippen LogP contribution in [0.1, 0.15) is 12.6 Å². The lowest BCUT2D eigenvalue weighted by Crippen LogP contribution is -3.00. The number of aromatic nitrogens is 2. The van der Waals surface area contributed by atoms with Gasteiger partial charge in [-0.2, -0.15) is 4.68 Å². The normalized spacial score (nSPS) is 9.82. The summed E-state index contributed by atoms with van der Waals surface area (Å²) >= 11 is 0. The van der Waals surface area contributed by atoms with Gasteiger partial charge in [-0.05, 0) is 26.0 Å². The summed E-state index contributed by atoms with van der Waals surface area (Å²) < 4.78 is 4.37. The van der Waals surface area contributed by atoms with Crippen LogP contribution in [0, 0.1) is 6.92 Å². The first kappa shape index (κ1) is 14.0. The van der Waals surface area contributed by atoms with E-state index in [9.17, 15) is 0 Å². The Morgan fingerprint density at radius 1 is 1.24 bits per heavy atom. The van der Waals surface area contributed by atoms with E-state index in [4.69, 9.17) is 0 Å². The average molecular weight is 343 g/mol. The van der Waals surface area contributed by atoms with Crippen LogP contribution in [0.15, 0.2) is 36.4 Å². The molecule has 0 bridgehead atoms. The van der Waals surface area contributed by atoms with Crippen molar-refractivity contribution in [1.82, 2.24) is 4.68 Å². The molecule has 92 valence electrons. The number of hydrogen-bond acceptors (Lipinski definition) is 1. The molecular weight excluding hydrogens is 325 g/mol. The molecule has 0 fully saturated rings. The minimum atomic E-state index is 0. The number of aryl methyl sites for hydroxylation is 1. The number of rotatable bonds is 3. The van der Waals surface area contributed by atoms with Gasteiger partial charge in [0.1, 0.15) is 12.2 Å². The predicted octanol–water partition coefficient (Wildman–Crippen LogP) is -0.611. The van der Waals surface area contributed by atoms with Crippen LogP contribution in [0.5, 0.6) is 0 Å². The van der Waals surface area contributed by atoms with E-state index in [0.29, 0.717) is 0 Å². The minimum Gasteiger partial charge on any atom is -1.00 e. The molecule has 1 aromatic carbocycles. The molecular formula is C13H18IN3. The third-order valence-electron chi connectivity index (χ3n) is 2.84. The van der Waals surface area contributed by atoms with Gasteiger partial charge in [-0.25, -0.2) is 10.00 Å². The molecule has 2 aromatic rings. The highest BCUT2D eigenvalue weighted by Gasteiger charge is 2.14. The number of benzene rings is 1. The Morgan fingerprint density at radius 3 is 2.47 bits per heavy atom. The molecule has 0 spiro atoms. The van der Waals surface area contributed by atoms with Crippen molar-refractivity contribution >= 4 is 11.5 Å². The van der Waals surface area contributed by atoms with Crippen LogP contribution in [0.3, 0.4) is 0 Å². The Bertz CT molecular complexity index is 477. The Balaban J connectivity index is 0.00000144. The number of nitrogens with one attached hydrogen (secondary N) is 1. The van der Waals surface area contributed by atoms with E-state index in [1.54, 1.807) is 0 Å². The molecule has 1 aromatic heterocycles. The molecule has 0 aliphatic rings. The number of anilines is 2. The molecule has 3 nitrogen and oxygen atoms in total. The fourth-order valence-corrected chi connectivity index (χ4v) is 1.87. The standard InChI is InChI=1S/C13H17N3.HI/c1-4-16-13(10-11(2)15(16)3)14-12-8-6-5-7-9-12;/h5-10H,4H2,1-3H3;1H. The van der Waals surface area contributed by atoms with Gasteiger partial charge in [0.05, 0.1) is 11.8 Å². The molecule has 1 heterocycles. The van der Waals surface area contributed by atoms with Crippen molar-refractivity contribution in [3.05, 3.63) is 42.1 Å². The Kier molecular flexibility index (Phi) is 4.99. The van der Waals surface area contributed by atoms with E-state index >= 15 is 0 Å². The van der Waals surface area contributed by atoms with Crippen molar-refractivity contribution < 1.29 is 28.7 Å². The lowest BCUT2D eigenvalue weighted by Gasteiger charge is -2.03. The molecule has 2 rings (SSSR count). The third kappa shape index (κ3) is 3.00. The van der Waals surface area contributed by atoms with E-state index in [1.807, 2.05) is 18.2 Å². The fourth-order valence-electron chi connectivity index (χ4n) is 1.87. The predicted molar refractivity (Wildman–Crippen MR) is 65.7 cm³/mol. The molecule has 0 saturated heterocycles. The first-order valence-electron chi connectivity index (χ1n) is 5.61. The Morgan fingerprint density at radius 2 is 1.88 bits per heavy atom. The number of para-hydroxylation sites is 1. The van der Waals surface area contributed by atoms with Crippen LogP contribution >= 0.6 is 0 Å². The summed E-state index contributed by atoms with van der Waals surface area (Å²) in [7, 11) is 2.08. The van der Waals surface area contributed by atoms with Crippen LogP contribution in [-0.4, -0.2) is 4.68 Å². The number of halogens is 1. The van der Waals surface area contributed by atoms with Crippen LogP contribution in [-0.2, 0) is 13.6 Å².